The molecule has 1 aromatic heterocycles. The lowest BCUT2D eigenvalue weighted by atomic mass is 10.1. The Bertz CT molecular complexity index is 949. The second kappa shape index (κ2) is 8.78. The fraction of sp³-hybridized carbons (Fsp3) is 0.250. The molecule has 0 aliphatic heterocycles. The molecule has 0 aliphatic carbocycles. The third kappa shape index (κ3) is 4.64. The molecule has 0 N–H and O–H groups in total. The van der Waals surface area contributed by atoms with Gasteiger partial charge in [0.25, 0.3) is 0 Å². The fourth-order valence-electron chi connectivity index (χ4n) is 2.62. The van der Waals surface area contributed by atoms with Gasteiger partial charge in [0.1, 0.15) is 35.9 Å². The number of halogens is 2. The quantitative estimate of drug-likeness (QED) is 0.347. The molecule has 27 heavy (non-hydrogen) atoms. The number of fused-ring (bicyclic) bond motifs is 1. The lowest BCUT2D eigenvalue weighted by Gasteiger charge is -2.09. The summed E-state index contributed by atoms with van der Waals surface area (Å²) in [5.74, 6) is 0.646. The van der Waals surface area contributed by atoms with Crippen molar-refractivity contribution in [3.05, 3.63) is 62.8 Å². The fourth-order valence-corrected chi connectivity index (χ4v) is 3.18. The summed E-state index contributed by atoms with van der Waals surface area (Å²) in [5.41, 5.74) is 1.95. The molecule has 142 valence electrons. The lowest BCUT2D eigenvalue weighted by Crippen LogP contribution is -2.10. The molecule has 0 saturated carbocycles. The number of rotatable bonds is 7. The highest BCUT2D eigenvalue weighted by atomic mass is 79.9. The number of benzene rings is 2. The summed E-state index contributed by atoms with van der Waals surface area (Å²) in [6.45, 7) is 2.61. The van der Waals surface area contributed by atoms with Crippen molar-refractivity contribution in [2.45, 2.75) is 13.5 Å². The van der Waals surface area contributed by atoms with E-state index in [0.717, 1.165) is 10.0 Å². The predicted octanol–water partition coefficient (Wildman–Crippen LogP) is 5.54. The third-order valence-corrected chi connectivity index (χ3v) is 4.82. The number of aryl methyl sites for hydroxylation is 1. The molecule has 0 radical (unpaired) electrons. The maximum absolute atomic E-state index is 12.4. The maximum atomic E-state index is 12.4. The van der Waals surface area contributed by atoms with Gasteiger partial charge in [0.2, 0.25) is 0 Å². The second-order valence-electron chi connectivity index (χ2n) is 5.86. The first kappa shape index (κ1) is 19.7. The van der Waals surface area contributed by atoms with Crippen molar-refractivity contribution in [1.82, 2.24) is 0 Å². The van der Waals surface area contributed by atoms with Gasteiger partial charge in [-0.3, -0.25) is 0 Å². The summed E-state index contributed by atoms with van der Waals surface area (Å²) in [7, 11) is 1.55. The van der Waals surface area contributed by atoms with Crippen molar-refractivity contribution in [2.75, 3.05) is 20.3 Å². The summed E-state index contributed by atoms with van der Waals surface area (Å²) in [6.07, 6.45) is 0. The number of esters is 1. The van der Waals surface area contributed by atoms with E-state index in [-0.39, 0.29) is 6.61 Å². The summed E-state index contributed by atoms with van der Waals surface area (Å²) in [5, 5.41) is 1.32. The monoisotopic (exact) mass is 452 g/mol. The topological polar surface area (TPSA) is 57.9 Å². The van der Waals surface area contributed by atoms with E-state index in [9.17, 15) is 4.79 Å². The number of methoxy groups -OCH3 is 1. The Labute approximate surface area is 170 Å². The summed E-state index contributed by atoms with van der Waals surface area (Å²) < 4.78 is 22.5. The summed E-state index contributed by atoms with van der Waals surface area (Å²) >= 11 is 9.39. The SMILES string of the molecule is COCCOC(=O)c1c(C)oc2cc(Br)c(OCc3ccc(Cl)cc3)cc12. The van der Waals surface area contributed by atoms with Crippen LogP contribution in [0, 0.1) is 6.92 Å². The van der Waals surface area contributed by atoms with Crippen LogP contribution in [-0.2, 0) is 16.1 Å². The minimum Gasteiger partial charge on any atom is -0.488 e. The van der Waals surface area contributed by atoms with Crippen molar-refractivity contribution in [2.24, 2.45) is 0 Å². The van der Waals surface area contributed by atoms with E-state index in [1.165, 1.54) is 0 Å². The normalized spacial score (nSPS) is 11.0. The number of furan rings is 1. The van der Waals surface area contributed by atoms with Gasteiger partial charge in [0.05, 0.1) is 11.1 Å². The second-order valence-corrected chi connectivity index (χ2v) is 7.15. The maximum Gasteiger partial charge on any atom is 0.342 e. The largest absolute Gasteiger partial charge is 0.488 e. The average molecular weight is 454 g/mol. The van der Waals surface area contributed by atoms with E-state index in [0.29, 0.717) is 46.3 Å². The molecule has 0 aliphatic rings. The van der Waals surface area contributed by atoms with Crippen molar-refractivity contribution in [1.29, 1.82) is 0 Å². The van der Waals surface area contributed by atoms with Crippen LogP contribution >= 0.6 is 27.5 Å². The molecule has 3 aromatic rings. The van der Waals surface area contributed by atoms with Crippen LogP contribution in [0.4, 0.5) is 0 Å². The molecule has 2 aromatic carbocycles. The molecular weight excluding hydrogens is 436 g/mol. The van der Waals surface area contributed by atoms with Crippen LogP contribution in [0.1, 0.15) is 21.7 Å². The van der Waals surface area contributed by atoms with Crippen LogP contribution in [0.5, 0.6) is 5.75 Å². The first-order valence-electron chi connectivity index (χ1n) is 8.25. The number of hydrogen-bond donors (Lipinski definition) is 0. The first-order valence-corrected chi connectivity index (χ1v) is 9.42. The third-order valence-electron chi connectivity index (χ3n) is 3.95. The molecule has 1 heterocycles. The van der Waals surface area contributed by atoms with Crippen molar-refractivity contribution in [3.8, 4) is 5.75 Å². The van der Waals surface area contributed by atoms with E-state index < -0.39 is 5.97 Å². The molecule has 0 spiro atoms. The molecule has 0 amide bonds. The Morgan fingerprint density at radius 2 is 1.93 bits per heavy atom. The highest BCUT2D eigenvalue weighted by Crippen LogP contribution is 2.35. The summed E-state index contributed by atoms with van der Waals surface area (Å²) in [4.78, 5) is 12.4. The van der Waals surface area contributed by atoms with Crippen LogP contribution in [0.2, 0.25) is 5.02 Å². The molecule has 0 unspecified atom stereocenters. The summed E-state index contributed by atoms with van der Waals surface area (Å²) in [6, 6.07) is 11.0. The number of carbonyl (C=O) groups excluding carboxylic acids is 1. The molecule has 0 bridgehead atoms. The van der Waals surface area contributed by atoms with Gasteiger partial charge in [-0.2, -0.15) is 0 Å². The zero-order valence-electron chi connectivity index (χ0n) is 14.9. The van der Waals surface area contributed by atoms with Crippen molar-refractivity contribution >= 4 is 44.5 Å². The van der Waals surface area contributed by atoms with E-state index in [2.05, 4.69) is 15.9 Å². The van der Waals surface area contributed by atoms with E-state index in [1.807, 2.05) is 24.3 Å². The van der Waals surface area contributed by atoms with Crippen LogP contribution in [0.3, 0.4) is 0 Å². The Hall–Kier alpha value is -2.02. The number of carbonyl (C=O) groups is 1. The molecule has 0 atom stereocenters. The van der Waals surface area contributed by atoms with Gasteiger partial charge in [0, 0.05) is 17.5 Å². The highest BCUT2D eigenvalue weighted by molar-refractivity contribution is 9.10. The predicted molar refractivity (Wildman–Crippen MR) is 107 cm³/mol. The van der Waals surface area contributed by atoms with E-state index in [1.54, 1.807) is 26.2 Å². The minimum absolute atomic E-state index is 0.178. The van der Waals surface area contributed by atoms with E-state index in [4.69, 9.17) is 30.2 Å². The van der Waals surface area contributed by atoms with Gasteiger partial charge in [-0.25, -0.2) is 4.79 Å². The van der Waals surface area contributed by atoms with Gasteiger partial charge < -0.3 is 18.6 Å². The standard InChI is InChI=1S/C20H18BrClO5/c1-12-19(20(23)25-8-7-24-2)15-9-18(16(21)10-17(15)27-12)26-11-13-3-5-14(22)6-4-13/h3-6,9-10H,7-8,11H2,1-2H3. The smallest absolute Gasteiger partial charge is 0.342 e. The Kier molecular flexibility index (Phi) is 6.42. The lowest BCUT2D eigenvalue weighted by molar-refractivity contribution is 0.0388. The van der Waals surface area contributed by atoms with Crippen LogP contribution in [0.15, 0.2) is 45.3 Å². The van der Waals surface area contributed by atoms with E-state index >= 15 is 0 Å². The van der Waals surface area contributed by atoms with Gasteiger partial charge in [-0.15, -0.1) is 0 Å². The molecule has 0 fully saturated rings. The molecule has 3 rings (SSSR count). The van der Waals surface area contributed by atoms with Crippen LogP contribution in [0.25, 0.3) is 11.0 Å². The number of ether oxygens (including phenoxy) is 3. The van der Waals surface area contributed by atoms with Gasteiger partial charge in [-0.05, 0) is 52.7 Å². The Balaban J connectivity index is 1.86. The first-order chi connectivity index (χ1) is 13.0. The van der Waals surface area contributed by atoms with Crippen molar-refractivity contribution < 1.29 is 23.4 Å². The Morgan fingerprint density at radius 1 is 1.19 bits per heavy atom. The number of hydrogen-bond acceptors (Lipinski definition) is 5. The average Bonchev–Trinajstić information content (AvgIpc) is 2.95. The van der Waals surface area contributed by atoms with Crippen molar-refractivity contribution in [3.63, 3.8) is 0 Å². The zero-order chi connectivity index (χ0) is 19.4. The van der Waals surface area contributed by atoms with Gasteiger partial charge in [0.15, 0.2) is 0 Å². The van der Waals surface area contributed by atoms with Crippen LogP contribution < -0.4 is 4.74 Å². The highest BCUT2D eigenvalue weighted by Gasteiger charge is 2.21. The molecular formula is C20H18BrClO5. The van der Waals surface area contributed by atoms with Gasteiger partial charge >= 0.3 is 5.97 Å². The minimum atomic E-state index is -0.450. The Morgan fingerprint density at radius 3 is 2.63 bits per heavy atom. The van der Waals surface area contributed by atoms with Crippen LogP contribution in [-0.4, -0.2) is 26.3 Å². The molecule has 7 heteroatoms. The molecule has 0 saturated heterocycles. The van der Waals surface area contributed by atoms with Gasteiger partial charge in [-0.1, -0.05) is 23.7 Å². The molecule has 5 nitrogen and oxygen atoms in total. The zero-order valence-corrected chi connectivity index (χ0v) is 17.2.